The number of anilines is 1. The van der Waals surface area contributed by atoms with Crippen LogP contribution in [0.5, 0.6) is 0 Å². The molecule has 0 aromatic heterocycles. The molecule has 0 bridgehead atoms. The van der Waals surface area contributed by atoms with Crippen LogP contribution >= 0.6 is 0 Å². The zero-order chi connectivity index (χ0) is 14.7. The van der Waals surface area contributed by atoms with E-state index in [9.17, 15) is 14.7 Å². The number of fused-ring (bicyclic) bond motifs is 1. The number of carboxylic acids is 1. The van der Waals surface area contributed by atoms with Gasteiger partial charge in [0.15, 0.2) is 0 Å². The van der Waals surface area contributed by atoms with Gasteiger partial charge in [0.1, 0.15) is 0 Å². The molecule has 0 spiro atoms. The monoisotopic (exact) mass is 272 g/mol. The fourth-order valence-electron chi connectivity index (χ4n) is 2.34. The van der Waals surface area contributed by atoms with Gasteiger partial charge in [-0.05, 0) is 37.5 Å². The van der Waals surface area contributed by atoms with Gasteiger partial charge >= 0.3 is 12.0 Å². The third-order valence-electron chi connectivity index (χ3n) is 3.32. The molecule has 1 heterocycles. The summed E-state index contributed by atoms with van der Waals surface area (Å²) in [6, 6.07) is 4.32. The number of benzene rings is 1. The average molecular weight is 272 g/mol. The van der Waals surface area contributed by atoms with Crippen LogP contribution in [0.1, 0.15) is 29.3 Å². The molecule has 20 heavy (non-hydrogen) atoms. The highest BCUT2D eigenvalue weighted by atomic mass is 16.4. The smallest absolute Gasteiger partial charge is 0.336 e. The van der Waals surface area contributed by atoms with Crippen molar-refractivity contribution >= 4 is 17.7 Å². The summed E-state index contributed by atoms with van der Waals surface area (Å²) in [7, 11) is 0. The molecular weight excluding hydrogens is 256 g/mol. The lowest BCUT2D eigenvalue weighted by molar-refractivity contribution is 0.0695. The van der Waals surface area contributed by atoms with E-state index in [0.717, 1.165) is 6.42 Å². The lowest BCUT2D eigenvalue weighted by Gasteiger charge is -2.30. The van der Waals surface area contributed by atoms with Crippen LogP contribution in [0.2, 0.25) is 0 Å². The van der Waals surface area contributed by atoms with Crippen molar-refractivity contribution in [2.45, 2.75) is 25.8 Å². The molecule has 2 amide bonds. The number of carbonyl (C=O) groups is 2. The first kappa shape index (κ1) is 13.9. The number of nitrogens with zero attached hydrogens (tertiary/aromatic N) is 1. The van der Waals surface area contributed by atoms with E-state index in [2.05, 4.69) is 11.2 Å². The Morgan fingerprint density at radius 1 is 1.50 bits per heavy atom. The predicted octanol–water partition coefficient (Wildman–Crippen LogP) is 1.87. The average Bonchev–Trinajstić information content (AvgIpc) is 2.45. The molecule has 1 aliphatic rings. The molecule has 5 nitrogen and oxygen atoms in total. The van der Waals surface area contributed by atoms with Gasteiger partial charge in [0.25, 0.3) is 0 Å². The van der Waals surface area contributed by atoms with Crippen LogP contribution in [0.25, 0.3) is 0 Å². The highest BCUT2D eigenvalue weighted by Crippen LogP contribution is 2.30. The molecule has 2 rings (SSSR count). The summed E-state index contributed by atoms with van der Waals surface area (Å²) in [4.78, 5) is 25.0. The third-order valence-corrected chi connectivity index (χ3v) is 3.32. The van der Waals surface area contributed by atoms with Crippen LogP contribution in [0.3, 0.4) is 0 Å². The van der Waals surface area contributed by atoms with Crippen LogP contribution in [-0.2, 0) is 6.42 Å². The van der Waals surface area contributed by atoms with Gasteiger partial charge in [-0.2, -0.15) is 0 Å². The Morgan fingerprint density at radius 3 is 2.90 bits per heavy atom. The molecule has 5 heteroatoms. The van der Waals surface area contributed by atoms with Gasteiger partial charge in [-0.15, -0.1) is 6.42 Å². The molecule has 1 aromatic rings. The first-order valence-electron chi connectivity index (χ1n) is 6.44. The molecule has 0 saturated heterocycles. The maximum Gasteiger partial charge on any atom is 0.336 e. The SMILES string of the molecule is C#CC(C)NC(=O)N1CCCc2c(C(=O)O)cccc21. The minimum Gasteiger partial charge on any atom is -0.478 e. The summed E-state index contributed by atoms with van der Waals surface area (Å²) in [5, 5.41) is 11.9. The van der Waals surface area contributed by atoms with Crippen molar-refractivity contribution in [2.75, 3.05) is 11.4 Å². The topological polar surface area (TPSA) is 69.6 Å². The summed E-state index contributed by atoms with van der Waals surface area (Å²) < 4.78 is 0. The molecule has 0 fully saturated rings. The third kappa shape index (κ3) is 2.59. The van der Waals surface area contributed by atoms with Crippen LogP contribution in [0.4, 0.5) is 10.5 Å². The highest BCUT2D eigenvalue weighted by Gasteiger charge is 2.26. The Labute approximate surface area is 117 Å². The summed E-state index contributed by atoms with van der Waals surface area (Å²) in [6.07, 6.45) is 6.64. The van der Waals surface area contributed by atoms with Gasteiger partial charge in [-0.25, -0.2) is 9.59 Å². The summed E-state index contributed by atoms with van der Waals surface area (Å²) >= 11 is 0. The number of aromatic carboxylic acids is 1. The van der Waals surface area contributed by atoms with E-state index in [0.29, 0.717) is 24.2 Å². The fourth-order valence-corrected chi connectivity index (χ4v) is 2.34. The van der Waals surface area contributed by atoms with E-state index in [1.807, 2.05) is 0 Å². The zero-order valence-corrected chi connectivity index (χ0v) is 11.2. The predicted molar refractivity (Wildman–Crippen MR) is 75.9 cm³/mol. The molecule has 0 radical (unpaired) electrons. The largest absolute Gasteiger partial charge is 0.478 e. The van der Waals surface area contributed by atoms with E-state index >= 15 is 0 Å². The normalized spacial score (nSPS) is 14.9. The molecule has 1 atom stereocenters. The molecule has 1 aromatic carbocycles. The van der Waals surface area contributed by atoms with Crippen molar-refractivity contribution in [2.24, 2.45) is 0 Å². The number of amides is 2. The van der Waals surface area contributed by atoms with E-state index in [-0.39, 0.29) is 17.6 Å². The number of hydrogen-bond donors (Lipinski definition) is 2. The van der Waals surface area contributed by atoms with Crippen LogP contribution in [-0.4, -0.2) is 29.7 Å². The van der Waals surface area contributed by atoms with Crippen molar-refractivity contribution < 1.29 is 14.7 Å². The number of hydrogen-bond acceptors (Lipinski definition) is 2. The maximum absolute atomic E-state index is 12.2. The maximum atomic E-state index is 12.2. The second kappa shape index (κ2) is 5.66. The Morgan fingerprint density at radius 2 is 2.25 bits per heavy atom. The first-order chi connectivity index (χ1) is 9.54. The standard InChI is InChI=1S/C15H16N2O3/c1-3-10(2)16-15(20)17-9-5-7-11-12(14(18)19)6-4-8-13(11)17/h1,4,6,8,10H,5,7,9H2,2H3,(H,16,20)(H,18,19). The van der Waals surface area contributed by atoms with Crippen LogP contribution in [0, 0.1) is 12.3 Å². The Balaban J connectivity index is 2.34. The van der Waals surface area contributed by atoms with Gasteiger partial charge in [-0.1, -0.05) is 12.0 Å². The van der Waals surface area contributed by atoms with E-state index in [1.165, 1.54) is 0 Å². The van der Waals surface area contributed by atoms with Gasteiger partial charge in [0, 0.05) is 12.2 Å². The first-order valence-corrected chi connectivity index (χ1v) is 6.44. The molecule has 0 saturated carbocycles. The second-order valence-electron chi connectivity index (χ2n) is 4.70. The quantitative estimate of drug-likeness (QED) is 0.807. The van der Waals surface area contributed by atoms with Crippen molar-refractivity contribution in [1.29, 1.82) is 0 Å². The van der Waals surface area contributed by atoms with Crippen molar-refractivity contribution in [3.05, 3.63) is 29.3 Å². The molecule has 0 aliphatic carbocycles. The van der Waals surface area contributed by atoms with Crippen molar-refractivity contribution in [1.82, 2.24) is 5.32 Å². The highest BCUT2D eigenvalue weighted by molar-refractivity contribution is 5.97. The molecule has 1 aliphatic heterocycles. The summed E-state index contributed by atoms with van der Waals surface area (Å²) in [5.41, 5.74) is 1.61. The van der Waals surface area contributed by atoms with Gasteiger partial charge in [0.05, 0.1) is 11.6 Å². The number of carbonyl (C=O) groups excluding carboxylic acids is 1. The fraction of sp³-hybridized carbons (Fsp3) is 0.333. The Hall–Kier alpha value is -2.48. The number of nitrogens with one attached hydrogen (secondary N) is 1. The van der Waals surface area contributed by atoms with Gasteiger partial charge in [-0.3, -0.25) is 4.90 Å². The number of terminal acetylenes is 1. The minimum atomic E-state index is -0.971. The lowest BCUT2D eigenvalue weighted by Crippen LogP contribution is -2.46. The Bertz CT molecular complexity index is 589. The lowest BCUT2D eigenvalue weighted by atomic mass is 9.96. The van der Waals surface area contributed by atoms with E-state index in [1.54, 1.807) is 30.0 Å². The number of urea groups is 1. The van der Waals surface area contributed by atoms with E-state index in [4.69, 9.17) is 6.42 Å². The summed E-state index contributed by atoms with van der Waals surface area (Å²) in [6.45, 7) is 2.27. The Kier molecular flexibility index (Phi) is 3.94. The van der Waals surface area contributed by atoms with Crippen LogP contribution in [0.15, 0.2) is 18.2 Å². The molecule has 1 unspecified atom stereocenters. The molecule has 104 valence electrons. The minimum absolute atomic E-state index is 0.255. The van der Waals surface area contributed by atoms with Gasteiger partial charge < -0.3 is 10.4 Å². The van der Waals surface area contributed by atoms with Gasteiger partial charge in [0.2, 0.25) is 0 Å². The van der Waals surface area contributed by atoms with E-state index < -0.39 is 5.97 Å². The summed E-state index contributed by atoms with van der Waals surface area (Å²) in [5.74, 6) is 1.46. The molecular formula is C15H16N2O3. The van der Waals surface area contributed by atoms with Crippen molar-refractivity contribution in [3.8, 4) is 12.3 Å². The zero-order valence-electron chi connectivity index (χ0n) is 11.2. The molecule has 2 N–H and O–H groups in total. The second-order valence-corrected chi connectivity index (χ2v) is 4.70. The van der Waals surface area contributed by atoms with Crippen molar-refractivity contribution in [3.63, 3.8) is 0 Å². The number of carboxylic acid groups (broad SMARTS) is 1. The number of rotatable bonds is 2. The van der Waals surface area contributed by atoms with Crippen LogP contribution < -0.4 is 10.2 Å².